The minimum Gasteiger partial charge on any atom is -0.380 e. The van der Waals surface area contributed by atoms with Crippen LogP contribution >= 0.6 is 0 Å². The second-order valence-electron chi connectivity index (χ2n) is 4.92. The smallest absolute Gasteiger partial charge is 0.0803 e. The number of nitrogens with one attached hydrogen (secondary N) is 1. The standard InChI is InChI=1S/C11H19NO2/c1-2-9(3-1)11(7-13-8-11)10-6-12-4-5-14-10/h9-10,12H,1-8H2. The first kappa shape index (κ1) is 9.13. The molecular weight excluding hydrogens is 178 g/mol. The molecule has 14 heavy (non-hydrogen) atoms. The van der Waals surface area contributed by atoms with Gasteiger partial charge in [-0.3, -0.25) is 0 Å². The van der Waals surface area contributed by atoms with E-state index >= 15 is 0 Å². The van der Waals surface area contributed by atoms with E-state index in [0.29, 0.717) is 11.5 Å². The van der Waals surface area contributed by atoms with Gasteiger partial charge >= 0.3 is 0 Å². The lowest BCUT2D eigenvalue weighted by Gasteiger charge is -2.55. The maximum absolute atomic E-state index is 5.90. The van der Waals surface area contributed by atoms with Crippen molar-refractivity contribution in [3.8, 4) is 0 Å². The topological polar surface area (TPSA) is 30.5 Å². The van der Waals surface area contributed by atoms with Crippen LogP contribution in [0.4, 0.5) is 0 Å². The predicted octanol–water partition coefficient (Wildman–Crippen LogP) is 0.792. The van der Waals surface area contributed by atoms with E-state index < -0.39 is 0 Å². The summed E-state index contributed by atoms with van der Waals surface area (Å²) in [6, 6.07) is 0. The Kier molecular flexibility index (Phi) is 2.26. The second kappa shape index (κ2) is 3.47. The van der Waals surface area contributed by atoms with Gasteiger partial charge in [-0.1, -0.05) is 6.42 Å². The minimum atomic E-state index is 0.381. The van der Waals surface area contributed by atoms with Crippen LogP contribution in [0.25, 0.3) is 0 Å². The average Bonchev–Trinajstić information content (AvgIpc) is 2.09. The highest BCUT2D eigenvalue weighted by Gasteiger charge is 2.53. The third-order valence-corrected chi connectivity index (χ3v) is 4.23. The van der Waals surface area contributed by atoms with E-state index in [4.69, 9.17) is 9.47 Å². The molecule has 0 radical (unpaired) electrons. The lowest BCUT2D eigenvalue weighted by atomic mass is 9.61. The molecular formula is C11H19NO2. The molecule has 80 valence electrons. The molecule has 0 amide bonds. The van der Waals surface area contributed by atoms with Crippen molar-refractivity contribution in [3.05, 3.63) is 0 Å². The fourth-order valence-corrected chi connectivity index (χ4v) is 2.94. The molecule has 1 N–H and O–H groups in total. The van der Waals surface area contributed by atoms with Gasteiger partial charge in [-0.15, -0.1) is 0 Å². The number of ether oxygens (including phenoxy) is 2. The van der Waals surface area contributed by atoms with Gasteiger partial charge in [-0.25, -0.2) is 0 Å². The summed E-state index contributed by atoms with van der Waals surface area (Å²) in [7, 11) is 0. The zero-order chi connectivity index (χ0) is 9.43. The van der Waals surface area contributed by atoms with E-state index in [-0.39, 0.29) is 0 Å². The van der Waals surface area contributed by atoms with Crippen LogP contribution in [0.1, 0.15) is 19.3 Å². The lowest BCUT2D eigenvalue weighted by Crippen LogP contribution is -2.62. The summed E-state index contributed by atoms with van der Waals surface area (Å²) in [6.07, 6.45) is 4.61. The van der Waals surface area contributed by atoms with E-state index in [1.165, 1.54) is 19.3 Å². The van der Waals surface area contributed by atoms with Crippen molar-refractivity contribution in [3.63, 3.8) is 0 Å². The summed E-state index contributed by atoms with van der Waals surface area (Å²) >= 11 is 0. The highest BCUT2D eigenvalue weighted by atomic mass is 16.5. The van der Waals surface area contributed by atoms with Gasteiger partial charge in [0, 0.05) is 18.5 Å². The van der Waals surface area contributed by atoms with Gasteiger partial charge in [0.2, 0.25) is 0 Å². The Morgan fingerprint density at radius 1 is 1.21 bits per heavy atom. The van der Waals surface area contributed by atoms with Crippen LogP contribution in [0.2, 0.25) is 0 Å². The van der Waals surface area contributed by atoms with Gasteiger partial charge in [0.15, 0.2) is 0 Å². The van der Waals surface area contributed by atoms with Crippen molar-refractivity contribution in [1.29, 1.82) is 0 Å². The molecule has 0 aromatic carbocycles. The third kappa shape index (κ3) is 1.23. The Hall–Kier alpha value is -0.120. The molecule has 0 aromatic rings. The molecule has 2 aliphatic heterocycles. The molecule has 1 aliphatic carbocycles. The van der Waals surface area contributed by atoms with E-state index in [2.05, 4.69) is 5.32 Å². The second-order valence-corrected chi connectivity index (χ2v) is 4.92. The Bertz CT molecular complexity index is 205. The number of rotatable bonds is 2. The van der Waals surface area contributed by atoms with Gasteiger partial charge in [-0.05, 0) is 18.8 Å². The van der Waals surface area contributed by atoms with Crippen molar-refractivity contribution >= 4 is 0 Å². The highest BCUT2D eigenvalue weighted by molar-refractivity contribution is 5.02. The first-order valence-electron chi connectivity index (χ1n) is 5.82. The minimum absolute atomic E-state index is 0.381. The van der Waals surface area contributed by atoms with Crippen LogP contribution in [-0.2, 0) is 9.47 Å². The van der Waals surface area contributed by atoms with Crippen molar-refractivity contribution in [2.24, 2.45) is 11.3 Å². The molecule has 0 aromatic heterocycles. The van der Waals surface area contributed by atoms with E-state index in [0.717, 1.165) is 38.8 Å². The molecule has 2 saturated heterocycles. The van der Waals surface area contributed by atoms with E-state index in [1.54, 1.807) is 0 Å². The van der Waals surface area contributed by atoms with Crippen molar-refractivity contribution in [1.82, 2.24) is 5.32 Å². The summed E-state index contributed by atoms with van der Waals surface area (Å²) < 4.78 is 11.3. The SMILES string of the molecule is C1CC(C2(C3CNCCO3)COC2)C1. The molecule has 3 nitrogen and oxygen atoms in total. The van der Waals surface area contributed by atoms with Crippen molar-refractivity contribution in [2.45, 2.75) is 25.4 Å². The normalized spacial score (nSPS) is 37.3. The summed E-state index contributed by atoms with van der Waals surface area (Å²) in [5, 5.41) is 3.43. The third-order valence-electron chi connectivity index (χ3n) is 4.23. The quantitative estimate of drug-likeness (QED) is 0.710. The lowest BCUT2D eigenvalue weighted by molar-refractivity contribution is -0.230. The Labute approximate surface area is 85.1 Å². The zero-order valence-corrected chi connectivity index (χ0v) is 8.63. The van der Waals surface area contributed by atoms with Gasteiger partial charge < -0.3 is 14.8 Å². The molecule has 3 aliphatic rings. The summed E-state index contributed by atoms with van der Waals surface area (Å²) in [5.41, 5.74) is 0.381. The van der Waals surface area contributed by atoms with Crippen LogP contribution in [-0.4, -0.2) is 39.0 Å². The van der Waals surface area contributed by atoms with Gasteiger partial charge in [-0.2, -0.15) is 0 Å². The fourth-order valence-electron chi connectivity index (χ4n) is 2.94. The van der Waals surface area contributed by atoms with Crippen LogP contribution < -0.4 is 5.32 Å². The van der Waals surface area contributed by atoms with E-state index in [1.807, 2.05) is 0 Å². The zero-order valence-electron chi connectivity index (χ0n) is 8.63. The Morgan fingerprint density at radius 3 is 2.50 bits per heavy atom. The highest BCUT2D eigenvalue weighted by Crippen LogP contribution is 2.49. The van der Waals surface area contributed by atoms with Crippen molar-refractivity contribution in [2.75, 3.05) is 32.9 Å². The number of hydrogen-bond donors (Lipinski definition) is 1. The predicted molar refractivity (Wildman–Crippen MR) is 53.2 cm³/mol. The first-order valence-corrected chi connectivity index (χ1v) is 5.82. The van der Waals surface area contributed by atoms with Crippen LogP contribution in [0.15, 0.2) is 0 Å². The van der Waals surface area contributed by atoms with Crippen molar-refractivity contribution < 1.29 is 9.47 Å². The van der Waals surface area contributed by atoms with Gasteiger partial charge in [0.05, 0.1) is 25.9 Å². The fraction of sp³-hybridized carbons (Fsp3) is 1.00. The van der Waals surface area contributed by atoms with E-state index in [9.17, 15) is 0 Å². The summed E-state index contributed by atoms with van der Waals surface area (Å²) in [4.78, 5) is 0. The maximum atomic E-state index is 5.90. The van der Waals surface area contributed by atoms with Crippen LogP contribution in [0, 0.1) is 11.3 Å². The van der Waals surface area contributed by atoms with Crippen LogP contribution in [0.5, 0.6) is 0 Å². The summed E-state index contributed by atoms with van der Waals surface area (Å²) in [5.74, 6) is 0.876. The largest absolute Gasteiger partial charge is 0.380 e. The van der Waals surface area contributed by atoms with Gasteiger partial charge in [0.25, 0.3) is 0 Å². The first-order chi connectivity index (χ1) is 6.92. The van der Waals surface area contributed by atoms with Crippen LogP contribution in [0.3, 0.4) is 0 Å². The number of hydrogen-bond acceptors (Lipinski definition) is 3. The molecule has 1 atom stereocenters. The number of morpholine rings is 1. The maximum Gasteiger partial charge on any atom is 0.0803 e. The molecule has 3 fully saturated rings. The Balaban J connectivity index is 1.71. The monoisotopic (exact) mass is 197 g/mol. The molecule has 3 heteroatoms. The molecule has 1 saturated carbocycles. The molecule has 2 heterocycles. The average molecular weight is 197 g/mol. The molecule has 3 rings (SSSR count). The molecule has 0 bridgehead atoms. The molecule has 0 spiro atoms. The summed E-state index contributed by atoms with van der Waals surface area (Å²) in [6.45, 7) is 4.78. The Morgan fingerprint density at radius 2 is 2.07 bits per heavy atom. The van der Waals surface area contributed by atoms with Gasteiger partial charge in [0.1, 0.15) is 0 Å². The molecule has 1 unspecified atom stereocenters.